The summed E-state index contributed by atoms with van der Waals surface area (Å²) in [5.41, 5.74) is 0.690. The molecule has 5 nitrogen and oxygen atoms in total. The Morgan fingerprint density at radius 1 is 1.24 bits per heavy atom. The third kappa shape index (κ3) is 5.74. The minimum absolute atomic E-state index is 0.167. The van der Waals surface area contributed by atoms with Crippen molar-refractivity contribution < 1.29 is 18.3 Å². The highest BCUT2D eigenvalue weighted by molar-refractivity contribution is 7.90. The Hall–Kier alpha value is -0.950. The third-order valence-corrected chi connectivity index (χ3v) is 4.55. The van der Waals surface area contributed by atoms with Gasteiger partial charge in [-0.15, -0.1) is 0 Å². The quantitative estimate of drug-likeness (QED) is 0.758. The van der Waals surface area contributed by atoms with Crippen molar-refractivity contribution >= 4 is 9.84 Å². The highest BCUT2D eigenvalue weighted by Gasteiger charge is 2.16. The van der Waals surface area contributed by atoms with Crippen molar-refractivity contribution in [3.05, 3.63) is 29.8 Å². The lowest BCUT2D eigenvalue weighted by Gasteiger charge is -2.23. The van der Waals surface area contributed by atoms with Gasteiger partial charge in [-0.1, -0.05) is 26.0 Å². The molecule has 0 bridgehead atoms. The molecule has 0 aliphatic rings. The molecule has 2 unspecified atom stereocenters. The number of benzene rings is 1. The molecule has 0 fully saturated rings. The molecule has 0 aliphatic heterocycles. The summed E-state index contributed by atoms with van der Waals surface area (Å²) in [5.74, 6) is 0.393. The smallest absolute Gasteiger partial charge is 0.175 e. The molecular formula is C15H25NO4S. The predicted octanol–water partition coefficient (Wildman–Crippen LogP) is 1.38. The van der Waals surface area contributed by atoms with Crippen LogP contribution in [0.5, 0.6) is 0 Å². The monoisotopic (exact) mass is 315 g/mol. The molecule has 0 spiro atoms. The second kappa shape index (κ2) is 7.89. The summed E-state index contributed by atoms with van der Waals surface area (Å²) in [6.07, 6.45) is 0.481. The molecule has 0 saturated heterocycles. The lowest BCUT2D eigenvalue weighted by Crippen LogP contribution is -2.39. The van der Waals surface area contributed by atoms with Crippen LogP contribution in [0.15, 0.2) is 29.2 Å². The van der Waals surface area contributed by atoms with Crippen LogP contribution in [0, 0.1) is 5.92 Å². The topological polar surface area (TPSA) is 75.6 Å². The summed E-state index contributed by atoms with van der Waals surface area (Å²) in [6, 6.07) is 6.48. The Morgan fingerprint density at radius 2 is 1.81 bits per heavy atom. The number of sulfone groups is 1. The summed E-state index contributed by atoms with van der Waals surface area (Å²) >= 11 is 0. The fraction of sp³-hybridized carbons (Fsp3) is 0.600. The van der Waals surface area contributed by atoms with Gasteiger partial charge in [0.05, 0.1) is 17.6 Å². The van der Waals surface area contributed by atoms with Gasteiger partial charge in [0.15, 0.2) is 9.84 Å². The molecular weight excluding hydrogens is 290 g/mol. The van der Waals surface area contributed by atoms with E-state index in [1.165, 1.54) is 12.1 Å². The SMILES string of the molecule is COCC(NCC(O)c1ccc(S(C)(=O)=O)cc1)C(C)C. The van der Waals surface area contributed by atoms with Crippen LogP contribution >= 0.6 is 0 Å². The first-order chi connectivity index (χ1) is 9.75. The fourth-order valence-electron chi connectivity index (χ4n) is 1.98. The highest BCUT2D eigenvalue weighted by Crippen LogP contribution is 2.16. The maximum Gasteiger partial charge on any atom is 0.175 e. The van der Waals surface area contributed by atoms with Crippen molar-refractivity contribution in [1.82, 2.24) is 5.32 Å². The molecule has 6 heteroatoms. The molecule has 120 valence electrons. The molecule has 0 saturated carbocycles. The van der Waals surface area contributed by atoms with E-state index in [2.05, 4.69) is 19.2 Å². The standard InChI is InChI=1S/C15H25NO4S/c1-11(2)14(10-20-3)16-9-15(17)12-5-7-13(8-6-12)21(4,18)19/h5-8,11,14-17H,9-10H2,1-4H3. The van der Waals surface area contributed by atoms with Gasteiger partial charge in [-0.2, -0.15) is 0 Å². The second-order valence-electron chi connectivity index (χ2n) is 5.57. The minimum Gasteiger partial charge on any atom is -0.387 e. The number of methoxy groups -OCH3 is 1. The zero-order valence-electron chi connectivity index (χ0n) is 13.0. The number of rotatable bonds is 8. The van der Waals surface area contributed by atoms with Crippen LogP contribution in [-0.2, 0) is 14.6 Å². The average molecular weight is 315 g/mol. The van der Waals surface area contributed by atoms with Gasteiger partial charge in [-0.05, 0) is 23.6 Å². The first kappa shape index (κ1) is 18.1. The van der Waals surface area contributed by atoms with Gasteiger partial charge < -0.3 is 15.2 Å². The lowest BCUT2D eigenvalue weighted by molar-refractivity contribution is 0.124. The molecule has 1 rings (SSSR count). The second-order valence-corrected chi connectivity index (χ2v) is 7.59. The molecule has 0 heterocycles. The molecule has 2 atom stereocenters. The Bertz CT molecular complexity index is 525. The van der Waals surface area contributed by atoms with E-state index in [4.69, 9.17) is 4.74 Å². The van der Waals surface area contributed by atoms with E-state index in [9.17, 15) is 13.5 Å². The Labute approximate surface area is 127 Å². The predicted molar refractivity (Wildman–Crippen MR) is 83.0 cm³/mol. The van der Waals surface area contributed by atoms with Gasteiger partial charge in [0.25, 0.3) is 0 Å². The summed E-state index contributed by atoms with van der Waals surface area (Å²) in [6.45, 7) is 5.15. The van der Waals surface area contributed by atoms with Crippen LogP contribution in [0.25, 0.3) is 0 Å². The fourth-order valence-corrected chi connectivity index (χ4v) is 2.62. The van der Waals surface area contributed by atoms with Crippen LogP contribution < -0.4 is 5.32 Å². The molecule has 0 aliphatic carbocycles. The van der Waals surface area contributed by atoms with Crippen LogP contribution in [0.2, 0.25) is 0 Å². The van der Waals surface area contributed by atoms with Crippen LogP contribution in [0.4, 0.5) is 0 Å². The summed E-state index contributed by atoms with van der Waals surface area (Å²) in [4.78, 5) is 0.255. The van der Waals surface area contributed by atoms with E-state index < -0.39 is 15.9 Å². The zero-order valence-corrected chi connectivity index (χ0v) is 13.9. The van der Waals surface area contributed by atoms with E-state index in [1.54, 1.807) is 19.2 Å². The van der Waals surface area contributed by atoms with Crippen LogP contribution in [0.1, 0.15) is 25.5 Å². The van der Waals surface area contributed by atoms with Crippen molar-refractivity contribution in [2.75, 3.05) is 26.5 Å². The highest BCUT2D eigenvalue weighted by atomic mass is 32.2. The number of aliphatic hydroxyl groups is 1. The van der Waals surface area contributed by atoms with Crippen molar-refractivity contribution in [3.8, 4) is 0 Å². The summed E-state index contributed by atoms with van der Waals surface area (Å²) in [5, 5.41) is 13.4. The largest absolute Gasteiger partial charge is 0.387 e. The van der Waals surface area contributed by atoms with Gasteiger partial charge >= 0.3 is 0 Å². The number of ether oxygens (including phenoxy) is 1. The maximum absolute atomic E-state index is 11.4. The van der Waals surface area contributed by atoms with Crippen molar-refractivity contribution in [2.45, 2.75) is 30.9 Å². The number of hydrogen-bond acceptors (Lipinski definition) is 5. The van der Waals surface area contributed by atoms with E-state index in [-0.39, 0.29) is 10.9 Å². The van der Waals surface area contributed by atoms with Gasteiger partial charge in [-0.3, -0.25) is 0 Å². The lowest BCUT2D eigenvalue weighted by atomic mass is 10.0. The molecule has 1 aromatic rings. The Morgan fingerprint density at radius 3 is 2.24 bits per heavy atom. The van der Waals surface area contributed by atoms with Gasteiger partial charge in [0, 0.05) is 26.0 Å². The van der Waals surface area contributed by atoms with Gasteiger partial charge in [-0.25, -0.2) is 8.42 Å². The van der Waals surface area contributed by atoms with E-state index in [0.717, 1.165) is 6.26 Å². The van der Waals surface area contributed by atoms with Crippen molar-refractivity contribution in [3.63, 3.8) is 0 Å². The molecule has 0 radical (unpaired) electrons. The van der Waals surface area contributed by atoms with Crippen molar-refractivity contribution in [1.29, 1.82) is 0 Å². The zero-order chi connectivity index (χ0) is 16.0. The minimum atomic E-state index is -3.20. The third-order valence-electron chi connectivity index (χ3n) is 3.42. The molecule has 0 aromatic heterocycles. The number of hydrogen-bond donors (Lipinski definition) is 2. The van der Waals surface area contributed by atoms with E-state index in [1.807, 2.05) is 0 Å². The van der Waals surface area contributed by atoms with Crippen LogP contribution in [0.3, 0.4) is 0 Å². The Balaban J connectivity index is 2.65. The van der Waals surface area contributed by atoms with Gasteiger partial charge in [0.1, 0.15) is 0 Å². The molecule has 1 aromatic carbocycles. The average Bonchev–Trinajstić information content (AvgIpc) is 2.42. The summed E-state index contributed by atoms with van der Waals surface area (Å²) in [7, 11) is -1.55. The molecule has 2 N–H and O–H groups in total. The first-order valence-corrected chi connectivity index (χ1v) is 8.85. The Kier molecular flexibility index (Phi) is 6.80. The normalized spacial score (nSPS) is 15.1. The van der Waals surface area contributed by atoms with Crippen molar-refractivity contribution in [2.24, 2.45) is 5.92 Å². The first-order valence-electron chi connectivity index (χ1n) is 6.96. The molecule has 0 amide bonds. The number of nitrogens with one attached hydrogen (secondary N) is 1. The van der Waals surface area contributed by atoms with E-state index in [0.29, 0.717) is 24.6 Å². The number of aliphatic hydroxyl groups excluding tert-OH is 1. The van der Waals surface area contributed by atoms with E-state index >= 15 is 0 Å². The molecule has 21 heavy (non-hydrogen) atoms. The van der Waals surface area contributed by atoms with Crippen LogP contribution in [-0.4, -0.2) is 46.1 Å². The summed E-state index contributed by atoms with van der Waals surface area (Å²) < 4.78 is 27.9. The van der Waals surface area contributed by atoms with Gasteiger partial charge in [0.2, 0.25) is 0 Å². The maximum atomic E-state index is 11.4.